The average Bonchev–Trinajstić information content (AvgIpc) is 3.28. The molecule has 0 bridgehead atoms. The molecule has 0 saturated carbocycles. The number of anilines is 1. The van der Waals surface area contributed by atoms with E-state index in [1.807, 2.05) is 43.9 Å². The molecule has 0 aliphatic carbocycles. The Kier molecular flexibility index (Phi) is 5.10. The van der Waals surface area contributed by atoms with Crippen LogP contribution < -0.4 is 10.2 Å². The first-order chi connectivity index (χ1) is 13.8. The lowest BCUT2D eigenvalue weighted by Gasteiger charge is -2.39. The molecule has 0 radical (unpaired) electrons. The summed E-state index contributed by atoms with van der Waals surface area (Å²) in [6, 6.07) is 8.18. The topological polar surface area (TPSA) is 77.5 Å². The minimum absolute atomic E-state index is 0.0495. The maximum absolute atomic E-state index is 12.7. The van der Waals surface area contributed by atoms with Crippen molar-refractivity contribution in [1.29, 1.82) is 0 Å². The Balaban J connectivity index is 1.29. The van der Waals surface area contributed by atoms with Crippen molar-refractivity contribution in [2.24, 2.45) is 4.99 Å². The van der Waals surface area contributed by atoms with Gasteiger partial charge in [0.1, 0.15) is 5.60 Å². The maximum atomic E-state index is 12.7. The third-order valence-corrected chi connectivity index (χ3v) is 5.44. The molecule has 3 aliphatic rings. The van der Waals surface area contributed by atoms with Crippen molar-refractivity contribution in [1.82, 2.24) is 15.1 Å². The highest BCUT2D eigenvalue weighted by Crippen LogP contribution is 2.27. The van der Waals surface area contributed by atoms with Crippen LogP contribution in [0.4, 0.5) is 10.5 Å². The minimum atomic E-state index is -0.498. The van der Waals surface area contributed by atoms with E-state index in [2.05, 4.69) is 21.3 Å². The number of hydrogen-bond acceptors (Lipinski definition) is 6. The number of benzene rings is 1. The highest BCUT2D eigenvalue weighted by atomic mass is 16.6. The monoisotopic (exact) mass is 399 g/mol. The second-order valence-electron chi connectivity index (χ2n) is 8.72. The van der Waals surface area contributed by atoms with Crippen LogP contribution in [0.3, 0.4) is 0 Å². The first-order valence-corrected chi connectivity index (χ1v) is 10.2. The molecule has 1 saturated heterocycles. The van der Waals surface area contributed by atoms with Crippen LogP contribution in [-0.2, 0) is 16.0 Å². The number of fused-ring (bicyclic) bond motifs is 2. The van der Waals surface area contributed by atoms with Crippen LogP contribution in [0.1, 0.15) is 26.3 Å². The van der Waals surface area contributed by atoms with Gasteiger partial charge in [0.2, 0.25) is 5.91 Å². The SMILES string of the molecule is CC(C)(C)OC(=O)N1CCN2C(NCC(=O)N3CCc4ccccc43)=NCC2C1. The van der Waals surface area contributed by atoms with Crippen molar-refractivity contribution >= 4 is 23.6 Å². The zero-order valence-corrected chi connectivity index (χ0v) is 17.4. The van der Waals surface area contributed by atoms with Crippen LogP contribution in [0.25, 0.3) is 0 Å². The van der Waals surface area contributed by atoms with E-state index >= 15 is 0 Å². The van der Waals surface area contributed by atoms with Crippen molar-refractivity contribution < 1.29 is 14.3 Å². The summed E-state index contributed by atoms with van der Waals surface area (Å²) in [5, 5.41) is 3.22. The van der Waals surface area contributed by atoms with E-state index in [-0.39, 0.29) is 24.6 Å². The number of carbonyl (C=O) groups is 2. The van der Waals surface area contributed by atoms with Crippen LogP contribution in [0.15, 0.2) is 29.3 Å². The van der Waals surface area contributed by atoms with E-state index in [9.17, 15) is 9.59 Å². The Morgan fingerprint density at radius 3 is 2.79 bits per heavy atom. The predicted molar refractivity (Wildman–Crippen MR) is 111 cm³/mol. The summed E-state index contributed by atoms with van der Waals surface area (Å²) >= 11 is 0. The van der Waals surface area contributed by atoms with Crippen LogP contribution in [-0.4, -0.2) is 78.7 Å². The van der Waals surface area contributed by atoms with Crippen molar-refractivity contribution in [2.45, 2.75) is 38.8 Å². The van der Waals surface area contributed by atoms with Gasteiger partial charge in [-0.1, -0.05) is 18.2 Å². The highest BCUT2D eigenvalue weighted by molar-refractivity contribution is 5.98. The zero-order valence-electron chi connectivity index (χ0n) is 17.4. The van der Waals surface area contributed by atoms with Gasteiger partial charge >= 0.3 is 6.09 Å². The van der Waals surface area contributed by atoms with E-state index in [0.717, 1.165) is 24.6 Å². The summed E-state index contributed by atoms with van der Waals surface area (Å²) in [5.74, 6) is 0.799. The lowest BCUT2D eigenvalue weighted by atomic mass is 10.2. The Bertz CT molecular complexity index is 832. The largest absolute Gasteiger partial charge is 0.444 e. The standard InChI is InChI=1S/C21H29N5O3/c1-21(2,3)29-20(28)24-10-11-25-16(14-24)12-22-19(25)23-13-18(27)26-9-8-15-6-4-5-7-17(15)26/h4-7,16H,8-14H2,1-3H3,(H,22,23). The Hall–Kier alpha value is -2.77. The lowest BCUT2D eigenvalue weighted by molar-refractivity contribution is -0.117. The third kappa shape index (κ3) is 4.16. The molecule has 1 atom stereocenters. The van der Waals surface area contributed by atoms with E-state index in [1.54, 1.807) is 4.90 Å². The smallest absolute Gasteiger partial charge is 0.410 e. The molecular weight excluding hydrogens is 370 g/mol. The summed E-state index contributed by atoms with van der Waals surface area (Å²) in [6.45, 7) is 9.01. The molecule has 1 N–H and O–H groups in total. The number of para-hydroxylation sites is 1. The van der Waals surface area contributed by atoms with Crippen LogP contribution in [0.2, 0.25) is 0 Å². The third-order valence-electron chi connectivity index (χ3n) is 5.44. The number of nitrogens with zero attached hydrogens (tertiary/aromatic N) is 4. The minimum Gasteiger partial charge on any atom is -0.444 e. The van der Waals surface area contributed by atoms with Gasteiger partial charge in [0.25, 0.3) is 0 Å². The number of hydrogen-bond donors (Lipinski definition) is 1. The number of rotatable bonds is 2. The highest BCUT2D eigenvalue weighted by Gasteiger charge is 2.36. The van der Waals surface area contributed by atoms with Crippen LogP contribution in [0.5, 0.6) is 0 Å². The van der Waals surface area contributed by atoms with Gasteiger partial charge < -0.3 is 24.8 Å². The number of carbonyl (C=O) groups excluding carboxylic acids is 2. The van der Waals surface area contributed by atoms with Gasteiger partial charge in [0.05, 0.1) is 19.1 Å². The molecule has 4 rings (SSSR count). The molecule has 0 spiro atoms. The fourth-order valence-electron chi connectivity index (χ4n) is 4.07. The molecule has 3 heterocycles. The predicted octanol–water partition coefficient (Wildman–Crippen LogP) is 1.46. The molecule has 156 valence electrons. The normalized spacial score (nSPS) is 20.9. The summed E-state index contributed by atoms with van der Waals surface area (Å²) in [7, 11) is 0. The van der Waals surface area contributed by atoms with Gasteiger partial charge in [0, 0.05) is 31.9 Å². The molecule has 1 unspecified atom stereocenters. The molecule has 1 fully saturated rings. The van der Waals surface area contributed by atoms with Gasteiger partial charge in [-0.15, -0.1) is 0 Å². The first kappa shape index (κ1) is 19.5. The molecule has 29 heavy (non-hydrogen) atoms. The number of ether oxygens (including phenoxy) is 1. The van der Waals surface area contributed by atoms with Gasteiger partial charge in [0.15, 0.2) is 5.96 Å². The fourth-order valence-corrected chi connectivity index (χ4v) is 4.07. The maximum Gasteiger partial charge on any atom is 0.410 e. The number of guanidine groups is 1. The molecule has 3 aliphatic heterocycles. The number of piperazine rings is 1. The summed E-state index contributed by atoms with van der Waals surface area (Å²) in [6.07, 6.45) is 0.624. The number of amides is 2. The molecule has 0 aromatic heterocycles. The fraction of sp³-hybridized carbons (Fsp3) is 0.571. The second-order valence-corrected chi connectivity index (χ2v) is 8.72. The van der Waals surface area contributed by atoms with E-state index in [1.165, 1.54) is 5.56 Å². The van der Waals surface area contributed by atoms with Gasteiger partial charge in [-0.25, -0.2) is 4.79 Å². The van der Waals surface area contributed by atoms with Crippen molar-refractivity contribution in [3.05, 3.63) is 29.8 Å². The number of aliphatic imine (C=N–C) groups is 1. The van der Waals surface area contributed by atoms with Crippen molar-refractivity contribution in [3.63, 3.8) is 0 Å². The van der Waals surface area contributed by atoms with Crippen molar-refractivity contribution in [2.75, 3.05) is 44.2 Å². The Labute approximate surface area is 171 Å². The number of nitrogens with one attached hydrogen (secondary N) is 1. The van der Waals surface area contributed by atoms with E-state index in [0.29, 0.717) is 26.2 Å². The molecule has 2 amide bonds. The molecular formula is C21H29N5O3. The Morgan fingerprint density at radius 1 is 1.21 bits per heavy atom. The Morgan fingerprint density at radius 2 is 2.00 bits per heavy atom. The van der Waals surface area contributed by atoms with E-state index in [4.69, 9.17) is 4.74 Å². The zero-order chi connectivity index (χ0) is 20.6. The first-order valence-electron chi connectivity index (χ1n) is 10.2. The van der Waals surface area contributed by atoms with Crippen molar-refractivity contribution in [3.8, 4) is 0 Å². The van der Waals surface area contributed by atoms with Gasteiger partial charge in [-0.05, 0) is 38.8 Å². The van der Waals surface area contributed by atoms with Crippen LogP contribution >= 0.6 is 0 Å². The molecule has 1 aromatic carbocycles. The average molecular weight is 399 g/mol. The quantitative estimate of drug-likeness (QED) is 0.815. The van der Waals surface area contributed by atoms with Gasteiger partial charge in [-0.3, -0.25) is 9.79 Å². The summed E-state index contributed by atoms with van der Waals surface area (Å²) in [4.78, 5) is 35.4. The van der Waals surface area contributed by atoms with Gasteiger partial charge in [-0.2, -0.15) is 0 Å². The van der Waals surface area contributed by atoms with E-state index < -0.39 is 5.60 Å². The summed E-state index contributed by atoms with van der Waals surface area (Å²) < 4.78 is 5.48. The summed E-state index contributed by atoms with van der Waals surface area (Å²) in [5.41, 5.74) is 1.73. The van der Waals surface area contributed by atoms with Crippen LogP contribution in [0, 0.1) is 0 Å². The molecule has 1 aromatic rings. The second kappa shape index (κ2) is 7.57. The molecule has 8 heteroatoms. The molecule has 8 nitrogen and oxygen atoms in total. The lowest BCUT2D eigenvalue weighted by Crippen LogP contribution is -2.58.